The Kier molecular flexibility index (Phi) is 10.1. The fraction of sp³-hybridized carbons (Fsp3) is 0.500. The van der Waals surface area contributed by atoms with Gasteiger partial charge in [-0.05, 0) is 5.41 Å². The average Bonchev–Trinajstić information content (AvgIpc) is 2.55. The molecule has 0 saturated heterocycles. The zero-order chi connectivity index (χ0) is 10.3. The normalized spacial score (nSPS) is 13.6. The van der Waals surface area contributed by atoms with Crippen molar-refractivity contribution < 1.29 is 21.7 Å². The minimum absolute atomic E-state index is 0. The standard InChI is InChI=1S/C9H13.C3H5Cl.Ti/c1-9(2,3)8-6-4-5-7-8;1-2-3-4;/h4,6H,5H2,1-3H3;2H,1,3H2;/q-1;;. The number of rotatable bonds is 1. The van der Waals surface area contributed by atoms with Gasteiger partial charge >= 0.3 is 0 Å². The molecule has 0 radical (unpaired) electrons. The first-order valence-corrected chi connectivity index (χ1v) is 5.00. The van der Waals surface area contributed by atoms with Gasteiger partial charge in [0.05, 0.1) is 0 Å². The van der Waals surface area contributed by atoms with Crippen molar-refractivity contribution in [1.82, 2.24) is 0 Å². The molecule has 1 rings (SSSR count). The molecule has 0 aromatic rings. The molecule has 0 unspecified atom stereocenters. The van der Waals surface area contributed by atoms with Gasteiger partial charge < -0.3 is 0 Å². The maximum Gasteiger partial charge on any atom is 0.0401 e. The topological polar surface area (TPSA) is 0 Å². The van der Waals surface area contributed by atoms with Crippen LogP contribution in [0.3, 0.4) is 0 Å². The Morgan fingerprint density at radius 2 is 2.07 bits per heavy atom. The molecule has 0 aromatic heterocycles. The van der Waals surface area contributed by atoms with Crippen LogP contribution in [-0.4, -0.2) is 5.88 Å². The summed E-state index contributed by atoms with van der Waals surface area (Å²) in [7, 11) is 0. The summed E-state index contributed by atoms with van der Waals surface area (Å²) in [6.45, 7) is 9.99. The van der Waals surface area contributed by atoms with Gasteiger partial charge in [-0.25, -0.2) is 11.6 Å². The van der Waals surface area contributed by atoms with Crippen molar-refractivity contribution in [3.05, 3.63) is 36.5 Å². The van der Waals surface area contributed by atoms with E-state index in [2.05, 4.69) is 45.6 Å². The number of hydrogen-bond acceptors (Lipinski definition) is 0. The molecule has 14 heavy (non-hydrogen) atoms. The first kappa shape index (κ1) is 16.6. The van der Waals surface area contributed by atoms with Crippen LogP contribution >= 0.6 is 11.6 Å². The van der Waals surface area contributed by atoms with Crippen LogP contribution in [0.25, 0.3) is 0 Å². The van der Waals surface area contributed by atoms with E-state index in [1.807, 2.05) is 0 Å². The summed E-state index contributed by atoms with van der Waals surface area (Å²) < 4.78 is 0. The van der Waals surface area contributed by atoms with Crippen LogP contribution in [0.15, 0.2) is 30.4 Å². The zero-order valence-electron chi connectivity index (χ0n) is 9.23. The summed E-state index contributed by atoms with van der Waals surface area (Å²) in [5, 5.41) is 0. The van der Waals surface area contributed by atoms with Crippen LogP contribution in [0.1, 0.15) is 27.2 Å². The van der Waals surface area contributed by atoms with Crippen molar-refractivity contribution in [3.63, 3.8) is 0 Å². The average molecular weight is 246 g/mol. The maximum absolute atomic E-state index is 5.07. The van der Waals surface area contributed by atoms with Gasteiger partial charge in [0, 0.05) is 27.6 Å². The van der Waals surface area contributed by atoms with E-state index in [-0.39, 0.29) is 21.7 Å². The Bertz CT molecular complexity index is 209. The summed E-state index contributed by atoms with van der Waals surface area (Å²) in [5.41, 5.74) is 1.65. The maximum atomic E-state index is 5.07. The molecule has 0 saturated carbocycles. The molecule has 0 nitrogen and oxygen atoms in total. The van der Waals surface area contributed by atoms with Gasteiger partial charge in [0.25, 0.3) is 0 Å². The third-order valence-corrected chi connectivity index (χ3v) is 1.83. The van der Waals surface area contributed by atoms with E-state index in [9.17, 15) is 0 Å². The monoisotopic (exact) mass is 245 g/mol. The van der Waals surface area contributed by atoms with Crippen LogP contribution in [0.4, 0.5) is 0 Å². The summed E-state index contributed by atoms with van der Waals surface area (Å²) in [6.07, 6.45) is 10.3. The molecule has 0 amide bonds. The van der Waals surface area contributed by atoms with Gasteiger partial charge in [0.1, 0.15) is 0 Å². The van der Waals surface area contributed by atoms with Crippen molar-refractivity contribution >= 4 is 11.6 Å². The predicted molar refractivity (Wildman–Crippen MR) is 60.9 cm³/mol. The van der Waals surface area contributed by atoms with Crippen LogP contribution in [0, 0.1) is 11.5 Å². The van der Waals surface area contributed by atoms with Gasteiger partial charge in [0.15, 0.2) is 0 Å². The second-order valence-electron chi connectivity index (χ2n) is 3.89. The molecule has 0 atom stereocenters. The molecular weight excluding hydrogens is 227 g/mol. The third kappa shape index (κ3) is 7.61. The van der Waals surface area contributed by atoms with E-state index in [0.717, 1.165) is 6.42 Å². The van der Waals surface area contributed by atoms with Gasteiger partial charge in [0.2, 0.25) is 0 Å². The molecule has 0 aliphatic heterocycles. The Morgan fingerprint density at radius 3 is 2.21 bits per heavy atom. The summed E-state index contributed by atoms with van der Waals surface area (Å²) in [5.74, 6) is 0.556. The van der Waals surface area contributed by atoms with Crippen molar-refractivity contribution in [2.24, 2.45) is 5.41 Å². The molecule has 0 aromatic carbocycles. The SMILES string of the molecule is C=CCCl.CC(C)(C)C1=[C-]CC=C1.[Ti]. The summed E-state index contributed by atoms with van der Waals surface area (Å²) in [4.78, 5) is 0. The number of halogens is 1. The quantitative estimate of drug-likeness (QED) is 0.282. The molecular formula is C12H18ClTi-. The van der Waals surface area contributed by atoms with E-state index in [1.165, 1.54) is 5.57 Å². The molecule has 0 heterocycles. The van der Waals surface area contributed by atoms with E-state index in [4.69, 9.17) is 11.6 Å². The first-order valence-electron chi connectivity index (χ1n) is 4.47. The smallest absolute Gasteiger partial charge is 0.0401 e. The fourth-order valence-electron chi connectivity index (χ4n) is 0.920. The van der Waals surface area contributed by atoms with Gasteiger partial charge in [-0.3, -0.25) is 6.08 Å². The van der Waals surface area contributed by atoms with E-state index >= 15 is 0 Å². The van der Waals surface area contributed by atoms with Crippen molar-refractivity contribution in [2.45, 2.75) is 27.2 Å². The number of hydrogen-bond donors (Lipinski definition) is 0. The molecule has 0 N–H and O–H groups in total. The molecule has 2 heteroatoms. The first-order chi connectivity index (χ1) is 6.02. The Balaban J connectivity index is 0. The molecule has 0 fully saturated rings. The van der Waals surface area contributed by atoms with Crippen LogP contribution < -0.4 is 0 Å². The van der Waals surface area contributed by atoms with E-state index in [0.29, 0.717) is 11.3 Å². The van der Waals surface area contributed by atoms with Gasteiger partial charge in [-0.2, -0.15) is 6.08 Å². The predicted octanol–water partition coefficient (Wildman–Crippen LogP) is 4.13. The number of allylic oxidation sites excluding steroid dienone is 5. The van der Waals surface area contributed by atoms with E-state index in [1.54, 1.807) is 6.08 Å². The van der Waals surface area contributed by atoms with Crippen molar-refractivity contribution in [3.8, 4) is 0 Å². The second kappa shape index (κ2) is 8.53. The largest absolute Gasteiger partial charge is 0.269 e. The van der Waals surface area contributed by atoms with Gasteiger partial charge in [-0.15, -0.1) is 24.6 Å². The fourth-order valence-corrected chi connectivity index (χ4v) is 0.920. The van der Waals surface area contributed by atoms with Crippen LogP contribution in [-0.2, 0) is 21.7 Å². The molecule has 1 aliphatic carbocycles. The minimum atomic E-state index is 0. The molecule has 0 bridgehead atoms. The van der Waals surface area contributed by atoms with Crippen LogP contribution in [0.5, 0.6) is 0 Å². The van der Waals surface area contributed by atoms with E-state index < -0.39 is 0 Å². The summed E-state index contributed by atoms with van der Waals surface area (Å²) >= 11 is 5.07. The number of alkyl halides is 1. The minimum Gasteiger partial charge on any atom is -0.269 e. The zero-order valence-corrected chi connectivity index (χ0v) is 11.5. The Labute approximate surface area is 108 Å². The van der Waals surface area contributed by atoms with Gasteiger partial charge in [-0.1, -0.05) is 26.8 Å². The summed E-state index contributed by atoms with van der Waals surface area (Å²) in [6, 6.07) is 0. The Hall–Kier alpha value is 0.224. The third-order valence-electron chi connectivity index (χ3n) is 1.61. The molecule has 1 aliphatic rings. The van der Waals surface area contributed by atoms with Crippen molar-refractivity contribution in [2.75, 3.05) is 5.88 Å². The molecule has 78 valence electrons. The Morgan fingerprint density at radius 1 is 1.57 bits per heavy atom. The molecule has 0 spiro atoms. The van der Waals surface area contributed by atoms with Crippen molar-refractivity contribution in [1.29, 1.82) is 0 Å². The second-order valence-corrected chi connectivity index (χ2v) is 4.20. The van der Waals surface area contributed by atoms with Crippen LogP contribution in [0.2, 0.25) is 0 Å².